The quantitative estimate of drug-likeness (QED) is 0.240. The van der Waals surface area contributed by atoms with E-state index in [0.717, 1.165) is 21.9 Å². The second kappa shape index (κ2) is 15.5. The minimum absolute atomic E-state index is 0.0140. The fourth-order valence-corrected chi connectivity index (χ4v) is 8.18. The summed E-state index contributed by atoms with van der Waals surface area (Å²) in [6.45, 7) is 7.29. The van der Waals surface area contributed by atoms with Gasteiger partial charge in [-0.2, -0.15) is 0 Å². The van der Waals surface area contributed by atoms with E-state index in [1.807, 2.05) is 36.4 Å². The molecule has 282 valence electrons. The maximum absolute atomic E-state index is 14.4. The summed E-state index contributed by atoms with van der Waals surface area (Å²) in [6.07, 6.45) is 8.84. The molecule has 0 radical (unpaired) electrons. The smallest absolute Gasteiger partial charge is 0.407 e. The van der Waals surface area contributed by atoms with Gasteiger partial charge in [0.1, 0.15) is 23.7 Å². The van der Waals surface area contributed by atoms with Crippen LogP contribution in [-0.4, -0.2) is 90.0 Å². The largest absolute Gasteiger partial charge is 0.472 e. The molecule has 5 unspecified atom stereocenters. The second-order valence-electron chi connectivity index (χ2n) is 14.4. The highest BCUT2D eigenvalue weighted by Crippen LogP contribution is 2.45. The van der Waals surface area contributed by atoms with E-state index in [-0.39, 0.29) is 44.6 Å². The highest BCUT2D eigenvalue weighted by molar-refractivity contribution is 7.91. The molecule has 15 heteroatoms. The van der Waals surface area contributed by atoms with Crippen molar-refractivity contribution < 1.29 is 41.9 Å². The van der Waals surface area contributed by atoms with Crippen LogP contribution in [0.25, 0.3) is 16.8 Å². The summed E-state index contributed by atoms with van der Waals surface area (Å²) in [6, 6.07) is 5.24. The van der Waals surface area contributed by atoms with E-state index in [1.165, 1.54) is 17.1 Å². The van der Waals surface area contributed by atoms with Gasteiger partial charge in [0, 0.05) is 30.3 Å². The van der Waals surface area contributed by atoms with E-state index in [1.54, 1.807) is 20.0 Å². The molecule has 2 aliphatic carbocycles. The number of fused-ring (bicyclic) bond motifs is 3. The fourth-order valence-electron chi connectivity index (χ4n) is 6.82. The molecule has 1 aromatic heterocycles. The van der Waals surface area contributed by atoms with E-state index in [2.05, 4.69) is 26.9 Å². The molecule has 2 aromatic rings. The van der Waals surface area contributed by atoms with Crippen LogP contribution in [0, 0.1) is 5.92 Å². The van der Waals surface area contributed by atoms with Crippen LogP contribution in [0.5, 0.6) is 5.88 Å². The van der Waals surface area contributed by atoms with Crippen LogP contribution in [0.4, 0.5) is 4.79 Å². The van der Waals surface area contributed by atoms with Crippen LogP contribution < -0.4 is 20.1 Å². The average molecular weight is 748 g/mol. The number of alkyl carbamates (subject to hydrolysis) is 1. The number of carbonyl (C=O) groups is 5. The first-order chi connectivity index (χ1) is 25.3. The van der Waals surface area contributed by atoms with Crippen LogP contribution in [-0.2, 0) is 33.9 Å². The zero-order valence-electron chi connectivity index (χ0n) is 29.8. The minimum atomic E-state index is -3.92. The lowest BCUT2D eigenvalue weighted by atomic mass is 10.1. The molecule has 0 spiro atoms. The number of aromatic nitrogens is 1. The van der Waals surface area contributed by atoms with Gasteiger partial charge in [0.15, 0.2) is 5.78 Å². The van der Waals surface area contributed by atoms with Crippen molar-refractivity contribution in [3.05, 3.63) is 66.4 Å². The summed E-state index contributed by atoms with van der Waals surface area (Å²) in [5, 5.41) is 6.31. The topological polar surface area (TPSA) is 190 Å². The molecule has 1 aromatic carbocycles. The number of hydrogen-bond acceptors (Lipinski definition) is 10. The first kappa shape index (κ1) is 37.7. The summed E-state index contributed by atoms with van der Waals surface area (Å²) < 4.78 is 39.3. The van der Waals surface area contributed by atoms with Gasteiger partial charge in [-0.1, -0.05) is 35.9 Å². The molecule has 6 rings (SSSR count). The van der Waals surface area contributed by atoms with Crippen LogP contribution in [0.15, 0.2) is 60.8 Å². The Morgan fingerprint density at radius 2 is 1.96 bits per heavy atom. The lowest BCUT2D eigenvalue weighted by Crippen LogP contribution is -2.58. The number of rotatable bonds is 10. The Kier molecular flexibility index (Phi) is 11.0. The van der Waals surface area contributed by atoms with Crippen molar-refractivity contribution in [2.75, 3.05) is 13.2 Å². The summed E-state index contributed by atoms with van der Waals surface area (Å²) in [5.74, 6) is -2.71. The molecule has 4 amide bonds. The molecular weight excluding hydrogens is 703 g/mol. The zero-order chi connectivity index (χ0) is 37.9. The Morgan fingerprint density at radius 3 is 2.68 bits per heavy atom. The van der Waals surface area contributed by atoms with Gasteiger partial charge in [0.2, 0.25) is 27.7 Å². The lowest BCUT2D eigenvalue weighted by molar-refractivity contribution is -0.141. The number of hydrogen-bond donors (Lipinski definition) is 3. The molecule has 3 heterocycles. The van der Waals surface area contributed by atoms with Gasteiger partial charge >= 0.3 is 6.09 Å². The first-order valence-corrected chi connectivity index (χ1v) is 19.5. The SMILES string of the molecule is C=CC1CC1(NC(=O)C1CC2CN1C(=O)C(CCC(=O)C=C(C)C)NC(=O)OCCCC=Cc1ccc3ccnc(c3c1)O2)C(=O)NS(=O)(=O)C1CC1. The third-order valence-electron chi connectivity index (χ3n) is 9.91. The van der Waals surface area contributed by atoms with E-state index < -0.39 is 68.7 Å². The molecule has 4 aliphatic rings. The molecule has 4 bridgehead atoms. The van der Waals surface area contributed by atoms with Gasteiger partial charge in [-0.05, 0) is 81.5 Å². The maximum Gasteiger partial charge on any atom is 0.407 e. The molecule has 2 aliphatic heterocycles. The highest BCUT2D eigenvalue weighted by Gasteiger charge is 2.62. The molecule has 14 nitrogen and oxygen atoms in total. The first-order valence-electron chi connectivity index (χ1n) is 17.9. The predicted molar refractivity (Wildman–Crippen MR) is 196 cm³/mol. The monoisotopic (exact) mass is 747 g/mol. The predicted octanol–water partition coefficient (Wildman–Crippen LogP) is 3.47. The second-order valence-corrected chi connectivity index (χ2v) is 16.3. The summed E-state index contributed by atoms with van der Waals surface area (Å²) in [4.78, 5) is 73.5. The van der Waals surface area contributed by atoms with Crippen molar-refractivity contribution in [3.8, 4) is 5.88 Å². The van der Waals surface area contributed by atoms with Gasteiger partial charge in [-0.15, -0.1) is 6.58 Å². The molecular formula is C38H45N5O9S. The normalized spacial score (nSPS) is 26.0. The van der Waals surface area contributed by atoms with Crippen molar-refractivity contribution >= 4 is 56.5 Å². The summed E-state index contributed by atoms with van der Waals surface area (Å²) in [7, 11) is -3.92. The fraction of sp³-hybridized carbons (Fsp3) is 0.474. The number of cyclic esters (lactones) is 1. The number of benzene rings is 1. The zero-order valence-corrected chi connectivity index (χ0v) is 30.7. The van der Waals surface area contributed by atoms with E-state index in [4.69, 9.17) is 9.47 Å². The van der Waals surface area contributed by atoms with Gasteiger partial charge in [0.05, 0.1) is 18.4 Å². The molecule has 3 fully saturated rings. The Labute approximate surface area is 308 Å². The number of nitrogens with one attached hydrogen (secondary N) is 3. The van der Waals surface area contributed by atoms with Crippen molar-refractivity contribution in [2.24, 2.45) is 5.92 Å². The third-order valence-corrected chi connectivity index (χ3v) is 11.7. The molecule has 5 atom stereocenters. The maximum atomic E-state index is 14.4. The average Bonchev–Trinajstić information content (AvgIpc) is 4.04. The Morgan fingerprint density at radius 1 is 1.17 bits per heavy atom. The van der Waals surface area contributed by atoms with Crippen LogP contribution in [0.3, 0.4) is 0 Å². The summed E-state index contributed by atoms with van der Waals surface area (Å²) >= 11 is 0. The number of pyridine rings is 1. The van der Waals surface area contributed by atoms with Crippen molar-refractivity contribution in [2.45, 2.75) is 94.2 Å². The van der Waals surface area contributed by atoms with Crippen molar-refractivity contribution in [1.29, 1.82) is 0 Å². The van der Waals surface area contributed by atoms with Gasteiger partial charge < -0.3 is 25.0 Å². The Balaban J connectivity index is 1.32. The van der Waals surface area contributed by atoms with Crippen molar-refractivity contribution in [1.82, 2.24) is 25.2 Å². The minimum Gasteiger partial charge on any atom is -0.472 e. The highest BCUT2D eigenvalue weighted by atomic mass is 32.2. The number of ether oxygens (including phenoxy) is 2. The van der Waals surface area contributed by atoms with Gasteiger partial charge in [-0.3, -0.25) is 23.9 Å². The number of sulfonamides is 1. The Bertz CT molecular complexity index is 1990. The number of ketones is 1. The van der Waals surface area contributed by atoms with E-state index >= 15 is 0 Å². The number of amides is 4. The van der Waals surface area contributed by atoms with Crippen molar-refractivity contribution in [3.63, 3.8) is 0 Å². The molecule has 3 N–H and O–H groups in total. The lowest BCUT2D eigenvalue weighted by Gasteiger charge is -2.29. The Hall–Kier alpha value is -5.05. The van der Waals surface area contributed by atoms with Crippen LogP contribution >= 0.6 is 0 Å². The standard InChI is InChI=1S/C38H45N5O9S/c1-4-26-21-38(26,36(47)42-53(49,50)29-12-13-29)41-33(45)32-20-28-22-43(32)35(46)31(14-11-27(44)18-23(2)3)40-37(48)51-17-7-5-6-8-24-9-10-25-15-16-39-34(52-28)30(25)19-24/h4,6,8-10,15-16,18-19,26,28-29,31-32H,1,5,7,11-14,17,20-22H2,2-3H3,(H,40,48)(H,41,45)(H,42,47). The van der Waals surface area contributed by atoms with Crippen LogP contribution in [0.2, 0.25) is 0 Å². The number of carbonyl (C=O) groups excluding carboxylic acids is 5. The number of allylic oxidation sites excluding steroid dienone is 3. The van der Waals surface area contributed by atoms with Gasteiger partial charge in [-0.25, -0.2) is 18.2 Å². The van der Waals surface area contributed by atoms with E-state index in [9.17, 15) is 32.4 Å². The third kappa shape index (κ3) is 8.78. The molecule has 1 saturated heterocycles. The van der Waals surface area contributed by atoms with E-state index in [0.29, 0.717) is 31.6 Å². The number of nitrogens with zero attached hydrogens (tertiary/aromatic N) is 2. The summed E-state index contributed by atoms with van der Waals surface area (Å²) in [5.41, 5.74) is 0.0911. The van der Waals surface area contributed by atoms with Crippen LogP contribution in [0.1, 0.15) is 70.8 Å². The molecule has 53 heavy (non-hydrogen) atoms. The van der Waals surface area contributed by atoms with Gasteiger partial charge in [0.25, 0.3) is 5.91 Å². The molecule has 2 saturated carbocycles.